The van der Waals surface area contributed by atoms with Crippen molar-refractivity contribution in [3.8, 4) is 0 Å². The Hall–Kier alpha value is -2.20. The van der Waals surface area contributed by atoms with Crippen molar-refractivity contribution in [1.29, 1.82) is 0 Å². The van der Waals surface area contributed by atoms with E-state index in [1.807, 2.05) is 20.8 Å². The van der Waals surface area contributed by atoms with Crippen LogP contribution in [0.3, 0.4) is 0 Å². The molecule has 0 bridgehead atoms. The molecule has 0 aromatic heterocycles. The van der Waals surface area contributed by atoms with Crippen LogP contribution in [0.1, 0.15) is 61.3 Å². The molecule has 0 spiro atoms. The van der Waals surface area contributed by atoms with Gasteiger partial charge in [-0.05, 0) is 31.1 Å². The lowest BCUT2D eigenvalue weighted by Crippen LogP contribution is -2.60. The molecule has 0 aliphatic rings. The maximum absolute atomic E-state index is 13.0. The van der Waals surface area contributed by atoms with E-state index in [2.05, 4.69) is 16.0 Å². The van der Waals surface area contributed by atoms with Crippen molar-refractivity contribution < 1.29 is 29.4 Å². The van der Waals surface area contributed by atoms with Gasteiger partial charge < -0.3 is 31.9 Å². The minimum absolute atomic E-state index is 0.0482. The largest absolute Gasteiger partial charge is 0.480 e. The minimum atomic E-state index is -1.20. The van der Waals surface area contributed by atoms with E-state index in [0.717, 1.165) is 0 Å². The van der Waals surface area contributed by atoms with Crippen molar-refractivity contribution in [2.75, 3.05) is 0 Å². The molecule has 10 heteroatoms. The number of amides is 3. The number of hydrogen-bond donors (Lipinski definition) is 6. The summed E-state index contributed by atoms with van der Waals surface area (Å²) in [4.78, 5) is 49.5. The molecule has 180 valence electrons. The molecule has 0 aromatic rings. The summed E-state index contributed by atoms with van der Waals surface area (Å²) in [5, 5.41) is 26.6. The number of carbonyl (C=O) groups is 4. The fourth-order valence-corrected chi connectivity index (χ4v) is 2.90. The SMILES string of the molecule is CCC(C)C(NC(=O)C(CC(C)C)NC(=O)C(N)C(C)O)C(=O)NC(C(=O)O)C(C)C. The number of hydrogen-bond acceptors (Lipinski definition) is 6. The number of carboxylic acid groups (broad SMARTS) is 1. The molecule has 0 aromatic carbocycles. The van der Waals surface area contributed by atoms with Gasteiger partial charge in [0, 0.05) is 0 Å². The molecule has 31 heavy (non-hydrogen) atoms. The Morgan fingerprint density at radius 1 is 0.839 bits per heavy atom. The first-order valence-electron chi connectivity index (χ1n) is 10.8. The average Bonchev–Trinajstić information content (AvgIpc) is 2.66. The van der Waals surface area contributed by atoms with Crippen molar-refractivity contribution in [2.24, 2.45) is 23.5 Å². The molecular weight excluding hydrogens is 404 g/mol. The molecule has 0 saturated heterocycles. The van der Waals surface area contributed by atoms with E-state index in [4.69, 9.17) is 5.73 Å². The van der Waals surface area contributed by atoms with Crippen molar-refractivity contribution in [2.45, 2.75) is 91.6 Å². The predicted molar refractivity (Wildman–Crippen MR) is 117 cm³/mol. The third-order valence-electron chi connectivity index (χ3n) is 5.19. The maximum atomic E-state index is 13.0. The lowest BCUT2D eigenvalue weighted by molar-refractivity contribution is -0.144. The van der Waals surface area contributed by atoms with Crippen LogP contribution in [-0.2, 0) is 19.2 Å². The molecule has 3 amide bonds. The summed E-state index contributed by atoms with van der Waals surface area (Å²) in [5.41, 5.74) is 5.66. The second-order valence-corrected chi connectivity index (χ2v) is 8.90. The number of carboxylic acids is 1. The van der Waals surface area contributed by atoms with E-state index >= 15 is 0 Å². The van der Waals surface area contributed by atoms with E-state index < -0.39 is 54.0 Å². The topological polar surface area (TPSA) is 171 Å². The van der Waals surface area contributed by atoms with Crippen LogP contribution in [0, 0.1) is 17.8 Å². The van der Waals surface area contributed by atoms with Crippen LogP contribution in [0.15, 0.2) is 0 Å². The Labute approximate surface area is 184 Å². The van der Waals surface area contributed by atoms with Crippen LogP contribution in [0.4, 0.5) is 0 Å². The molecule has 0 aliphatic heterocycles. The highest BCUT2D eigenvalue weighted by molar-refractivity contribution is 5.94. The molecule has 0 fully saturated rings. The van der Waals surface area contributed by atoms with Gasteiger partial charge in [-0.3, -0.25) is 14.4 Å². The van der Waals surface area contributed by atoms with Crippen molar-refractivity contribution in [3.05, 3.63) is 0 Å². The molecule has 0 heterocycles. The molecule has 7 N–H and O–H groups in total. The van der Waals surface area contributed by atoms with Gasteiger partial charge in [-0.2, -0.15) is 0 Å². The van der Waals surface area contributed by atoms with Gasteiger partial charge in [-0.25, -0.2) is 4.79 Å². The van der Waals surface area contributed by atoms with Gasteiger partial charge in [0.15, 0.2) is 0 Å². The zero-order chi connectivity index (χ0) is 24.5. The Balaban J connectivity index is 5.57. The second-order valence-electron chi connectivity index (χ2n) is 8.90. The summed E-state index contributed by atoms with van der Waals surface area (Å²) in [5.74, 6) is -3.58. The third-order valence-corrected chi connectivity index (χ3v) is 5.19. The van der Waals surface area contributed by atoms with Crippen LogP contribution in [-0.4, -0.2) is 64.2 Å². The van der Waals surface area contributed by atoms with Gasteiger partial charge in [0.25, 0.3) is 0 Å². The Kier molecular flexibility index (Phi) is 12.3. The fourth-order valence-electron chi connectivity index (χ4n) is 2.90. The normalized spacial score (nSPS) is 17.3. The Morgan fingerprint density at radius 2 is 1.35 bits per heavy atom. The molecule has 0 radical (unpaired) electrons. The van der Waals surface area contributed by atoms with Crippen molar-refractivity contribution >= 4 is 23.7 Å². The van der Waals surface area contributed by atoms with Gasteiger partial charge in [-0.1, -0.05) is 48.0 Å². The first-order chi connectivity index (χ1) is 14.2. The molecule has 6 atom stereocenters. The van der Waals surface area contributed by atoms with Gasteiger partial charge in [0.1, 0.15) is 24.2 Å². The molecular formula is C21H40N4O6. The molecule has 6 unspecified atom stereocenters. The summed E-state index contributed by atoms with van der Waals surface area (Å²) < 4.78 is 0. The van der Waals surface area contributed by atoms with E-state index in [1.54, 1.807) is 20.8 Å². The van der Waals surface area contributed by atoms with E-state index in [9.17, 15) is 29.4 Å². The number of aliphatic hydroxyl groups is 1. The zero-order valence-electron chi connectivity index (χ0n) is 19.6. The molecule has 0 rings (SSSR count). The highest BCUT2D eigenvalue weighted by Crippen LogP contribution is 2.12. The number of rotatable bonds is 13. The summed E-state index contributed by atoms with van der Waals surface area (Å²) in [6.07, 6.45) is -0.236. The number of nitrogens with one attached hydrogen (secondary N) is 3. The van der Waals surface area contributed by atoms with Crippen LogP contribution < -0.4 is 21.7 Å². The van der Waals surface area contributed by atoms with Crippen molar-refractivity contribution in [1.82, 2.24) is 16.0 Å². The minimum Gasteiger partial charge on any atom is -0.480 e. The standard InChI is InChI=1S/C21H40N4O6/c1-8-12(6)17(20(29)24-16(11(4)5)21(30)31)25-18(27)14(9-10(2)3)23-19(28)15(22)13(7)26/h10-17,26H,8-9,22H2,1-7H3,(H,23,28)(H,24,29)(H,25,27)(H,30,31). The number of aliphatic carboxylic acids is 1. The molecule has 0 saturated carbocycles. The van der Waals surface area contributed by atoms with E-state index in [0.29, 0.717) is 12.8 Å². The lowest BCUT2D eigenvalue weighted by atomic mass is 9.95. The van der Waals surface area contributed by atoms with E-state index in [-0.39, 0.29) is 17.8 Å². The van der Waals surface area contributed by atoms with E-state index in [1.165, 1.54) is 6.92 Å². The van der Waals surface area contributed by atoms with Gasteiger partial charge in [0.05, 0.1) is 6.10 Å². The highest BCUT2D eigenvalue weighted by atomic mass is 16.4. The van der Waals surface area contributed by atoms with Gasteiger partial charge in [-0.15, -0.1) is 0 Å². The summed E-state index contributed by atoms with van der Waals surface area (Å²) in [6, 6.07) is -4.23. The highest BCUT2D eigenvalue weighted by Gasteiger charge is 2.34. The number of carbonyl (C=O) groups excluding carboxylic acids is 3. The van der Waals surface area contributed by atoms with Gasteiger partial charge in [0.2, 0.25) is 17.7 Å². The third kappa shape index (κ3) is 9.65. The number of nitrogens with two attached hydrogens (primary N) is 1. The van der Waals surface area contributed by atoms with Crippen LogP contribution in [0.5, 0.6) is 0 Å². The summed E-state index contributed by atoms with van der Waals surface area (Å²) in [7, 11) is 0. The fraction of sp³-hybridized carbons (Fsp3) is 0.810. The Morgan fingerprint density at radius 3 is 1.74 bits per heavy atom. The van der Waals surface area contributed by atoms with Gasteiger partial charge >= 0.3 is 5.97 Å². The average molecular weight is 445 g/mol. The zero-order valence-corrected chi connectivity index (χ0v) is 19.6. The van der Waals surface area contributed by atoms with Crippen LogP contribution >= 0.6 is 0 Å². The summed E-state index contributed by atoms with van der Waals surface area (Å²) in [6.45, 7) is 12.1. The van der Waals surface area contributed by atoms with Crippen molar-refractivity contribution in [3.63, 3.8) is 0 Å². The van der Waals surface area contributed by atoms with Crippen LogP contribution in [0.25, 0.3) is 0 Å². The maximum Gasteiger partial charge on any atom is 0.326 e. The van der Waals surface area contributed by atoms with Crippen LogP contribution in [0.2, 0.25) is 0 Å². The monoisotopic (exact) mass is 444 g/mol. The Bertz CT molecular complexity index is 623. The first kappa shape index (κ1) is 28.8. The molecule has 10 nitrogen and oxygen atoms in total. The predicted octanol–water partition coefficient (Wildman–Crippen LogP) is -0.0183. The quantitative estimate of drug-likeness (QED) is 0.232. The number of aliphatic hydroxyl groups excluding tert-OH is 1. The second kappa shape index (κ2) is 13.3. The summed E-state index contributed by atoms with van der Waals surface area (Å²) >= 11 is 0. The first-order valence-corrected chi connectivity index (χ1v) is 10.8. The molecule has 0 aliphatic carbocycles. The smallest absolute Gasteiger partial charge is 0.326 e. The lowest BCUT2D eigenvalue weighted by Gasteiger charge is -2.29.